The van der Waals surface area contributed by atoms with Gasteiger partial charge in [-0.05, 0) is 43.4 Å². The summed E-state index contributed by atoms with van der Waals surface area (Å²) in [5.74, 6) is 1.85. The van der Waals surface area contributed by atoms with E-state index in [1.165, 1.54) is 51.9 Å². The number of unbranched alkanes of at least 4 members (excludes halogenated alkanes) is 3. The number of rotatable bonds is 10. The van der Waals surface area contributed by atoms with Crippen molar-refractivity contribution in [3.63, 3.8) is 0 Å². The Balaban J connectivity index is 2.17. The monoisotopic (exact) mass is 404 g/mol. The minimum absolute atomic E-state index is 0.0704. The quantitative estimate of drug-likeness (QED) is 0.370. The first-order valence-electron chi connectivity index (χ1n) is 10.8. The van der Waals surface area contributed by atoms with Crippen LogP contribution in [0.4, 0.5) is 11.4 Å². The number of amides is 2. The molecule has 0 atom stereocenters. The summed E-state index contributed by atoms with van der Waals surface area (Å²) in [7, 11) is 0. The summed E-state index contributed by atoms with van der Waals surface area (Å²) in [6.45, 7) is 6.13. The molecule has 0 spiro atoms. The number of thioether (sulfide) groups is 1. The van der Waals surface area contributed by atoms with Crippen LogP contribution in [0.15, 0.2) is 23.1 Å². The molecule has 1 aliphatic carbocycles. The van der Waals surface area contributed by atoms with Gasteiger partial charge in [0.2, 0.25) is 11.8 Å². The predicted molar refractivity (Wildman–Crippen MR) is 120 cm³/mol. The van der Waals surface area contributed by atoms with Gasteiger partial charge < -0.3 is 10.2 Å². The molecule has 1 aromatic rings. The van der Waals surface area contributed by atoms with Crippen molar-refractivity contribution in [2.75, 3.05) is 22.5 Å². The van der Waals surface area contributed by atoms with E-state index in [1.54, 1.807) is 6.92 Å². The Morgan fingerprint density at radius 2 is 1.86 bits per heavy atom. The van der Waals surface area contributed by atoms with E-state index in [2.05, 4.69) is 12.2 Å². The topological polar surface area (TPSA) is 49.4 Å². The number of carbonyl (C=O) groups excluding carboxylic acids is 2. The molecule has 1 aliphatic rings. The van der Waals surface area contributed by atoms with Gasteiger partial charge in [-0.1, -0.05) is 45.4 Å². The highest BCUT2D eigenvalue weighted by Crippen LogP contribution is 2.37. The third-order valence-corrected chi connectivity index (χ3v) is 6.66. The zero-order chi connectivity index (χ0) is 20.4. The summed E-state index contributed by atoms with van der Waals surface area (Å²) >= 11 is 1.84. The van der Waals surface area contributed by atoms with Crippen molar-refractivity contribution in [2.45, 2.75) is 83.5 Å². The SMILES string of the molecule is CCCCCCN(C(C)=O)c1ccc(NC(C)=O)cc1SCC1CCCCC1. The molecule has 2 rings (SSSR count). The number of nitrogens with one attached hydrogen (secondary N) is 1. The highest BCUT2D eigenvalue weighted by molar-refractivity contribution is 7.99. The van der Waals surface area contributed by atoms with E-state index in [9.17, 15) is 9.59 Å². The molecule has 0 bridgehead atoms. The summed E-state index contributed by atoms with van der Waals surface area (Å²) in [5, 5.41) is 2.88. The molecular weight excluding hydrogens is 368 g/mol. The molecule has 0 heterocycles. The molecule has 0 unspecified atom stereocenters. The summed E-state index contributed by atoms with van der Waals surface area (Å²) < 4.78 is 0. The fourth-order valence-corrected chi connectivity index (χ4v) is 5.12. The minimum atomic E-state index is -0.0704. The standard InChI is InChI=1S/C23H36N2O2S/c1-4-5-6-10-15-25(19(3)27)22-14-13-21(24-18(2)26)16-23(22)28-17-20-11-8-7-9-12-20/h13-14,16,20H,4-12,15,17H2,1-3H3,(H,24,26). The molecule has 0 aromatic heterocycles. The van der Waals surface area contributed by atoms with Crippen LogP contribution in [0, 0.1) is 5.92 Å². The lowest BCUT2D eigenvalue weighted by atomic mass is 9.91. The van der Waals surface area contributed by atoms with Crippen LogP contribution in [0.2, 0.25) is 0 Å². The lowest BCUT2D eigenvalue weighted by Gasteiger charge is -2.26. The molecule has 4 nitrogen and oxygen atoms in total. The van der Waals surface area contributed by atoms with Gasteiger partial charge in [0.1, 0.15) is 0 Å². The fourth-order valence-electron chi connectivity index (χ4n) is 3.84. The first-order valence-corrected chi connectivity index (χ1v) is 11.8. The van der Waals surface area contributed by atoms with E-state index in [0.29, 0.717) is 0 Å². The van der Waals surface area contributed by atoms with Crippen molar-refractivity contribution in [3.05, 3.63) is 18.2 Å². The van der Waals surface area contributed by atoms with Gasteiger partial charge in [-0.15, -0.1) is 11.8 Å². The number of hydrogen-bond donors (Lipinski definition) is 1. The minimum Gasteiger partial charge on any atom is -0.326 e. The van der Waals surface area contributed by atoms with Crippen molar-refractivity contribution < 1.29 is 9.59 Å². The summed E-state index contributed by atoms with van der Waals surface area (Å²) in [6, 6.07) is 5.94. The van der Waals surface area contributed by atoms with Gasteiger partial charge >= 0.3 is 0 Å². The molecule has 0 saturated heterocycles. The van der Waals surface area contributed by atoms with Gasteiger partial charge in [0.05, 0.1) is 5.69 Å². The van der Waals surface area contributed by atoms with Crippen molar-refractivity contribution in [3.8, 4) is 0 Å². The Hall–Kier alpha value is -1.49. The molecule has 5 heteroatoms. The van der Waals surface area contributed by atoms with Crippen LogP contribution in [-0.4, -0.2) is 24.1 Å². The smallest absolute Gasteiger partial charge is 0.223 e. The second-order valence-corrected chi connectivity index (χ2v) is 8.97. The van der Waals surface area contributed by atoms with Crippen LogP contribution in [0.5, 0.6) is 0 Å². The predicted octanol–water partition coefficient (Wildman–Crippen LogP) is 6.25. The molecule has 1 saturated carbocycles. The van der Waals surface area contributed by atoms with Gasteiger partial charge in [-0.3, -0.25) is 9.59 Å². The van der Waals surface area contributed by atoms with Crippen molar-refractivity contribution >= 4 is 35.0 Å². The number of anilines is 2. The third-order valence-electron chi connectivity index (χ3n) is 5.39. The van der Waals surface area contributed by atoms with Crippen molar-refractivity contribution in [1.82, 2.24) is 0 Å². The lowest BCUT2D eigenvalue weighted by molar-refractivity contribution is -0.116. The maximum Gasteiger partial charge on any atom is 0.223 e. The van der Waals surface area contributed by atoms with Crippen LogP contribution in [0.25, 0.3) is 0 Å². The molecule has 0 radical (unpaired) electrons. The van der Waals surface area contributed by atoms with E-state index in [4.69, 9.17) is 0 Å². The van der Waals surface area contributed by atoms with Crippen LogP contribution in [0.1, 0.15) is 78.6 Å². The highest BCUT2D eigenvalue weighted by atomic mass is 32.2. The largest absolute Gasteiger partial charge is 0.326 e. The summed E-state index contributed by atoms with van der Waals surface area (Å²) in [5.41, 5.74) is 1.79. The zero-order valence-electron chi connectivity index (χ0n) is 17.8. The van der Waals surface area contributed by atoms with Crippen molar-refractivity contribution in [1.29, 1.82) is 0 Å². The van der Waals surface area contributed by atoms with E-state index in [0.717, 1.165) is 47.3 Å². The average molecular weight is 405 g/mol. The molecule has 1 fully saturated rings. The zero-order valence-corrected chi connectivity index (χ0v) is 18.6. The number of carbonyl (C=O) groups is 2. The summed E-state index contributed by atoms with van der Waals surface area (Å²) in [4.78, 5) is 26.9. The lowest BCUT2D eigenvalue weighted by Crippen LogP contribution is -2.30. The maximum atomic E-state index is 12.4. The second kappa shape index (κ2) is 12.2. The van der Waals surface area contributed by atoms with Gasteiger partial charge in [0.25, 0.3) is 0 Å². The number of hydrogen-bond acceptors (Lipinski definition) is 3. The van der Waals surface area contributed by atoms with E-state index in [-0.39, 0.29) is 11.8 Å². The van der Waals surface area contributed by atoms with Crippen LogP contribution < -0.4 is 10.2 Å². The average Bonchev–Trinajstić information content (AvgIpc) is 2.67. The molecule has 1 N–H and O–H groups in total. The van der Waals surface area contributed by atoms with Gasteiger partial charge in [0, 0.05) is 36.7 Å². The molecule has 0 aliphatic heterocycles. The molecular formula is C23H36N2O2S. The third kappa shape index (κ3) is 7.50. The van der Waals surface area contributed by atoms with Gasteiger partial charge in [-0.25, -0.2) is 0 Å². The maximum absolute atomic E-state index is 12.4. The van der Waals surface area contributed by atoms with E-state index < -0.39 is 0 Å². The van der Waals surface area contributed by atoms with Crippen molar-refractivity contribution in [2.24, 2.45) is 5.92 Å². The Kier molecular flexibility index (Phi) is 9.89. The number of benzene rings is 1. The Morgan fingerprint density at radius 1 is 1.11 bits per heavy atom. The summed E-state index contributed by atoms with van der Waals surface area (Å²) in [6.07, 6.45) is 11.2. The number of nitrogens with zero attached hydrogens (tertiary/aromatic N) is 1. The first kappa shape index (κ1) is 22.8. The molecule has 28 heavy (non-hydrogen) atoms. The van der Waals surface area contributed by atoms with Crippen LogP contribution in [-0.2, 0) is 9.59 Å². The second-order valence-electron chi connectivity index (χ2n) is 7.91. The van der Waals surface area contributed by atoms with Gasteiger partial charge in [0.15, 0.2) is 0 Å². The van der Waals surface area contributed by atoms with Crippen LogP contribution in [0.3, 0.4) is 0 Å². The van der Waals surface area contributed by atoms with E-state index in [1.807, 2.05) is 34.9 Å². The first-order chi connectivity index (χ1) is 13.5. The Bertz CT molecular complexity index is 641. The van der Waals surface area contributed by atoms with Crippen LogP contribution >= 0.6 is 11.8 Å². The molecule has 1 aromatic carbocycles. The molecule has 2 amide bonds. The Morgan fingerprint density at radius 3 is 2.50 bits per heavy atom. The Labute approximate surface area is 174 Å². The molecule has 156 valence electrons. The van der Waals surface area contributed by atoms with E-state index >= 15 is 0 Å². The van der Waals surface area contributed by atoms with Gasteiger partial charge in [-0.2, -0.15) is 0 Å². The highest BCUT2D eigenvalue weighted by Gasteiger charge is 2.19. The normalized spacial score (nSPS) is 14.7. The fraction of sp³-hybridized carbons (Fsp3) is 0.652.